The maximum atomic E-state index is 12.7. The van der Waals surface area contributed by atoms with Crippen LogP contribution in [0.5, 0.6) is 0 Å². The Balaban J connectivity index is 1.13. The summed E-state index contributed by atoms with van der Waals surface area (Å²) in [4.78, 5) is 21.4. The van der Waals surface area contributed by atoms with E-state index in [0.29, 0.717) is 29.4 Å². The van der Waals surface area contributed by atoms with Gasteiger partial charge in [-0.1, -0.05) is 72.4 Å². The molecule has 0 radical (unpaired) electrons. The van der Waals surface area contributed by atoms with Crippen molar-refractivity contribution in [3.63, 3.8) is 0 Å². The van der Waals surface area contributed by atoms with Gasteiger partial charge < -0.3 is 19.9 Å². The third kappa shape index (κ3) is 6.47. The molecule has 0 saturated carbocycles. The number of thioether (sulfide) groups is 1. The number of aliphatic hydroxyl groups excluding tert-OH is 1. The highest BCUT2D eigenvalue weighted by molar-refractivity contribution is 7.99. The van der Waals surface area contributed by atoms with E-state index in [2.05, 4.69) is 30.8 Å². The summed E-state index contributed by atoms with van der Waals surface area (Å²) in [6, 6.07) is 23.0. The predicted octanol–water partition coefficient (Wildman–Crippen LogP) is 3.91. The largest absolute Gasteiger partial charge is 0.392 e. The summed E-state index contributed by atoms with van der Waals surface area (Å²) < 4.78 is 14.5. The van der Waals surface area contributed by atoms with Crippen LogP contribution in [0, 0.1) is 0 Å². The normalized spacial score (nSPS) is 18.7. The molecule has 12 heteroatoms. The molecule has 2 aromatic heterocycles. The minimum Gasteiger partial charge on any atom is -0.392 e. The van der Waals surface area contributed by atoms with Gasteiger partial charge in [-0.25, -0.2) is 9.67 Å². The number of fused-ring (bicyclic) bond motifs is 1. The van der Waals surface area contributed by atoms with Crippen molar-refractivity contribution in [2.75, 3.05) is 5.75 Å². The van der Waals surface area contributed by atoms with Crippen molar-refractivity contribution in [1.82, 2.24) is 35.5 Å². The molecule has 6 rings (SSSR count). The second-order valence-corrected chi connectivity index (χ2v) is 10.9. The Morgan fingerprint density at radius 2 is 1.74 bits per heavy atom. The number of nitrogens with one attached hydrogen (secondary N) is 1. The standard InChI is InChI=1S/C30H29N7O4S/c1-37-30(34-35-36-37)42-18-23-14-27(21-10-8-20(17-38)9-11-21)41-29(40-23)22-12-6-19(7-13-22)15-32-28(39)26-16-31-24-4-2-3-5-25(24)33-26/h2-13,16,23,27,29,38H,14-15,17-18H2,1H3,(H,32,39). The van der Waals surface area contributed by atoms with E-state index < -0.39 is 6.29 Å². The molecule has 42 heavy (non-hydrogen) atoms. The molecular weight excluding hydrogens is 554 g/mol. The molecule has 1 fully saturated rings. The summed E-state index contributed by atoms with van der Waals surface area (Å²) in [6.07, 6.45) is 1.26. The number of carbonyl (C=O) groups is 1. The summed E-state index contributed by atoms with van der Waals surface area (Å²) in [6.45, 7) is 0.329. The van der Waals surface area contributed by atoms with Gasteiger partial charge in [0.1, 0.15) is 5.69 Å². The van der Waals surface area contributed by atoms with Crippen LogP contribution < -0.4 is 5.32 Å². The first kappa shape index (κ1) is 27.9. The summed E-state index contributed by atoms with van der Waals surface area (Å²) in [7, 11) is 1.81. The highest BCUT2D eigenvalue weighted by atomic mass is 32.2. The van der Waals surface area contributed by atoms with Crippen LogP contribution in [0.4, 0.5) is 0 Å². The first-order valence-corrected chi connectivity index (χ1v) is 14.5. The van der Waals surface area contributed by atoms with Gasteiger partial charge in [-0.05, 0) is 39.2 Å². The Kier molecular flexibility index (Phi) is 8.47. The van der Waals surface area contributed by atoms with E-state index in [4.69, 9.17) is 9.47 Å². The van der Waals surface area contributed by atoms with Gasteiger partial charge >= 0.3 is 0 Å². The lowest BCUT2D eigenvalue weighted by Gasteiger charge is -2.36. The van der Waals surface area contributed by atoms with Gasteiger partial charge in [-0.15, -0.1) is 5.10 Å². The fourth-order valence-corrected chi connectivity index (χ4v) is 5.53. The molecule has 0 aliphatic carbocycles. The highest BCUT2D eigenvalue weighted by Crippen LogP contribution is 2.39. The van der Waals surface area contributed by atoms with Gasteiger partial charge in [0.2, 0.25) is 5.16 Å². The summed E-state index contributed by atoms with van der Waals surface area (Å²) in [5, 5.41) is 24.7. The van der Waals surface area contributed by atoms with Gasteiger partial charge in [0.15, 0.2) is 6.29 Å². The number of amides is 1. The molecule has 1 saturated heterocycles. The van der Waals surface area contributed by atoms with E-state index >= 15 is 0 Å². The molecule has 214 valence electrons. The summed E-state index contributed by atoms with van der Waals surface area (Å²) >= 11 is 1.53. The molecule has 0 bridgehead atoms. The van der Waals surface area contributed by atoms with Crippen molar-refractivity contribution in [3.05, 3.63) is 107 Å². The predicted molar refractivity (Wildman–Crippen MR) is 155 cm³/mol. The molecule has 1 amide bonds. The average molecular weight is 584 g/mol. The van der Waals surface area contributed by atoms with E-state index in [1.54, 1.807) is 11.7 Å². The minimum atomic E-state index is -0.582. The number of hydrogen-bond donors (Lipinski definition) is 2. The number of nitrogens with zero attached hydrogens (tertiary/aromatic N) is 6. The Bertz CT molecular complexity index is 1660. The van der Waals surface area contributed by atoms with Crippen molar-refractivity contribution in [2.45, 2.75) is 43.2 Å². The van der Waals surface area contributed by atoms with Crippen molar-refractivity contribution < 1.29 is 19.4 Å². The maximum Gasteiger partial charge on any atom is 0.271 e. The van der Waals surface area contributed by atoms with Crippen molar-refractivity contribution >= 4 is 28.7 Å². The van der Waals surface area contributed by atoms with Crippen LogP contribution in [-0.2, 0) is 29.7 Å². The number of rotatable bonds is 9. The van der Waals surface area contributed by atoms with E-state index in [1.165, 1.54) is 18.0 Å². The number of hydrogen-bond acceptors (Lipinski definition) is 10. The average Bonchev–Trinajstić information content (AvgIpc) is 3.46. The zero-order valence-corrected chi connectivity index (χ0v) is 23.6. The number of tetrazole rings is 1. The number of aromatic nitrogens is 6. The van der Waals surface area contributed by atoms with Crippen molar-refractivity contribution in [1.29, 1.82) is 0 Å². The lowest BCUT2D eigenvalue weighted by molar-refractivity contribution is -0.245. The lowest BCUT2D eigenvalue weighted by Crippen LogP contribution is -2.31. The lowest BCUT2D eigenvalue weighted by atomic mass is 10.0. The van der Waals surface area contributed by atoms with Crippen LogP contribution in [0.3, 0.4) is 0 Å². The first-order valence-electron chi connectivity index (χ1n) is 13.5. The van der Waals surface area contributed by atoms with Crippen molar-refractivity contribution in [2.24, 2.45) is 7.05 Å². The van der Waals surface area contributed by atoms with E-state index in [0.717, 1.165) is 27.8 Å². The molecule has 1 aliphatic heterocycles. The SMILES string of the molecule is Cn1nnnc1SCC1CC(c2ccc(CO)cc2)OC(c2ccc(CNC(=O)c3cnc4ccccc4n3)cc2)O1. The van der Waals surface area contributed by atoms with Gasteiger partial charge in [-0.3, -0.25) is 9.78 Å². The minimum absolute atomic E-state index is 0.00893. The molecule has 3 atom stereocenters. The summed E-state index contributed by atoms with van der Waals surface area (Å²) in [5.74, 6) is 0.367. The van der Waals surface area contributed by atoms with Crippen LogP contribution in [0.2, 0.25) is 0 Å². The van der Waals surface area contributed by atoms with E-state index in [1.807, 2.05) is 72.8 Å². The van der Waals surface area contributed by atoms with Crippen LogP contribution in [-0.4, -0.2) is 53.0 Å². The quantitative estimate of drug-likeness (QED) is 0.246. The molecular formula is C30H29N7O4S. The van der Waals surface area contributed by atoms with Crippen LogP contribution in [0.1, 0.15) is 51.6 Å². The molecule has 2 N–H and O–H groups in total. The second kappa shape index (κ2) is 12.7. The fourth-order valence-electron chi connectivity index (χ4n) is 4.67. The molecule has 3 aromatic carbocycles. The van der Waals surface area contributed by atoms with Crippen LogP contribution in [0.25, 0.3) is 11.0 Å². The van der Waals surface area contributed by atoms with E-state index in [9.17, 15) is 9.90 Å². The third-order valence-electron chi connectivity index (χ3n) is 6.98. The molecule has 1 aliphatic rings. The number of ether oxygens (including phenoxy) is 2. The zero-order valence-electron chi connectivity index (χ0n) is 22.8. The smallest absolute Gasteiger partial charge is 0.271 e. The maximum absolute atomic E-state index is 12.7. The number of carbonyl (C=O) groups excluding carboxylic acids is 1. The molecule has 5 aromatic rings. The zero-order chi connectivity index (χ0) is 28.9. The topological polar surface area (TPSA) is 137 Å². The van der Waals surface area contributed by atoms with Gasteiger partial charge in [-0.2, -0.15) is 0 Å². The third-order valence-corrected chi connectivity index (χ3v) is 8.12. The number of aryl methyl sites for hydroxylation is 1. The highest BCUT2D eigenvalue weighted by Gasteiger charge is 2.32. The van der Waals surface area contributed by atoms with Gasteiger partial charge in [0.25, 0.3) is 5.91 Å². The Labute approximate surface area is 246 Å². The second-order valence-electron chi connectivity index (χ2n) is 9.91. The summed E-state index contributed by atoms with van der Waals surface area (Å²) in [5.41, 5.74) is 5.36. The molecule has 11 nitrogen and oxygen atoms in total. The number of para-hydroxylation sites is 2. The van der Waals surface area contributed by atoms with E-state index in [-0.39, 0.29) is 30.4 Å². The number of benzene rings is 3. The number of aliphatic hydroxyl groups is 1. The monoisotopic (exact) mass is 583 g/mol. The molecule has 3 heterocycles. The molecule has 3 unspecified atom stereocenters. The Morgan fingerprint density at radius 1 is 1.00 bits per heavy atom. The van der Waals surface area contributed by atoms with Gasteiger partial charge in [0.05, 0.1) is 36.0 Å². The molecule has 0 spiro atoms. The fraction of sp³-hybridized carbons (Fsp3) is 0.267. The van der Waals surface area contributed by atoms with Crippen LogP contribution in [0.15, 0.2) is 84.1 Å². The van der Waals surface area contributed by atoms with Gasteiger partial charge in [0, 0.05) is 31.3 Å². The Morgan fingerprint density at radius 3 is 2.48 bits per heavy atom. The van der Waals surface area contributed by atoms with Crippen molar-refractivity contribution in [3.8, 4) is 0 Å². The Hall–Kier alpha value is -4.23. The van der Waals surface area contributed by atoms with Crippen LogP contribution >= 0.6 is 11.8 Å². The first-order chi connectivity index (χ1) is 20.6.